The van der Waals surface area contributed by atoms with E-state index in [9.17, 15) is 9.59 Å². The van der Waals surface area contributed by atoms with E-state index in [0.29, 0.717) is 17.5 Å². The Bertz CT molecular complexity index is 544. The highest BCUT2D eigenvalue weighted by molar-refractivity contribution is 6.31. The standard InChI is InChI=1S/C15H19ClN2O3/c1-2-18(9-10-4-3-5-10)15(21)17-13-7-6-11(16)8-12(13)14(19)20/h6-8,10H,2-5,9H2,1H3,(H,17,21)(H,19,20). The van der Waals surface area contributed by atoms with Gasteiger partial charge >= 0.3 is 12.0 Å². The second-order valence-corrected chi connectivity index (χ2v) is 5.70. The molecule has 2 N–H and O–H groups in total. The lowest BCUT2D eigenvalue weighted by molar-refractivity contribution is 0.0698. The van der Waals surface area contributed by atoms with Gasteiger partial charge in [-0.2, -0.15) is 0 Å². The van der Waals surface area contributed by atoms with Crippen molar-refractivity contribution in [1.29, 1.82) is 0 Å². The highest BCUT2D eigenvalue weighted by Crippen LogP contribution is 2.27. The molecular weight excluding hydrogens is 292 g/mol. The molecule has 5 nitrogen and oxygen atoms in total. The first kappa shape index (κ1) is 15.6. The normalized spacial score (nSPS) is 14.4. The summed E-state index contributed by atoms with van der Waals surface area (Å²) in [6.45, 7) is 3.23. The van der Waals surface area contributed by atoms with E-state index in [4.69, 9.17) is 16.7 Å². The van der Waals surface area contributed by atoms with Crippen LogP contribution in [-0.2, 0) is 0 Å². The molecule has 1 fully saturated rings. The second kappa shape index (κ2) is 6.80. The van der Waals surface area contributed by atoms with Gasteiger partial charge < -0.3 is 15.3 Å². The molecular formula is C15H19ClN2O3. The number of carbonyl (C=O) groups is 2. The lowest BCUT2D eigenvalue weighted by atomic mass is 9.85. The number of hydrogen-bond donors (Lipinski definition) is 2. The summed E-state index contributed by atoms with van der Waals surface area (Å²) in [4.78, 5) is 25.2. The van der Waals surface area contributed by atoms with Crippen LogP contribution in [0.4, 0.5) is 10.5 Å². The van der Waals surface area contributed by atoms with Crippen molar-refractivity contribution in [2.75, 3.05) is 18.4 Å². The number of anilines is 1. The maximum atomic E-state index is 12.3. The minimum atomic E-state index is -1.12. The van der Waals surface area contributed by atoms with Crippen LogP contribution in [0.25, 0.3) is 0 Å². The van der Waals surface area contributed by atoms with Gasteiger partial charge in [-0.3, -0.25) is 0 Å². The van der Waals surface area contributed by atoms with Gasteiger partial charge in [0.2, 0.25) is 0 Å². The Balaban J connectivity index is 2.08. The van der Waals surface area contributed by atoms with Gasteiger partial charge in [0.05, 0.1) is 11.3 Å². The van der Waals surface area contributed by atoms with Crippen molar-refractivity contribution in [3.63, 3.8) is 0 Å². The number of benzene rings is 1. The highest BCUT2D eigenvalue weighted by atomic mass is 35.5. The fraction of sp³-hybridized carbons (Fsp3) is 0.467. The number of nitrogens with zero attached hydrogens (tertiary/aromatic N) is 1. The van der Waals surface area contributed by atoms with Crippen molar-refractivity contribution >= 4 is 29.3 Å². The zero-order valence-corrected chi connectivity index (χ0v) is 12.7. The van der Waals surface area contributed by atoms with Gasteiger partial charge in [0.25, 0.3) is 0 Å². The summed E-state index contributed by atoms with van der Waals surface area (Å²) in [6, 6.07) is 4.14. The third-order valence-electron chi connectivity index (χ3n) is 3.83. The number of carboxylic acid groups (broad SMARTS) is 1. The quantitative estimate of drug-likeness (QED) is 0.871. The SMILES string of the molecule is CCN(CC1CCC1)C(=O)Nc1ccc(Cl)cc1C(=O)O. The predicted molar refractivity (Wildman–Crippen MR) is 82.0 cm³/mol. The predicted octanol–water partition coefficient (Wildman–Crippen LogP) is 3.69. The van der Waals surface area contributed by atoms with Gasteiger partial charge in [-0.25, -0.2) is 9.59 Å². The topological polar surface area (TPSA) is 69.6 Å². The molecule has 1 aromatic carbocycles. The molecule has 0 aromatic heterocycles. The average molecular weight is 311 g/mol. The fourth-order valence-electron chi connectivity index (χ4n) is 2.34. The monoisotopic (exact) mass is 310 g/mol. The fourth-order valence-corrected chi connectivity index (χ4v) is 2.51. The zero-order chi connectivity index (χ0) is 15.4. The van der Waals surface area contributed by atoms with E-state index in [1.54, 1.807) is 11.0 Å². The average Bonchev–Trinajstić information content (AvgIpc) is 2.39. The molecule has 114 valence electrons. The number of rotatable bonds is 5. The summed E-state index contributed by atoms with van der Waals surface area (Å²) in [5, 5.41) is 12.2. The molecule has 6 heteroatoms. The first-order chi connectivity index (χ1) is 10.0. The van der Waals surface area contributed by atoms with Gasteiger partial charge in [-0.05, 0) is 43.9 Å². The molecule has 0 aliphatic heterocycles. The Morgan fingerprint density at radius 2 is 2.14 bits per heavy atom. The number of urea groups is 1. The molecule has 0 atom stereocenters. The molecule has 0 unspecified atom stereocenters. The van der Waals surface area contributed by atoms with E-state index in [1.165, 1.54) is 18.6 Å². The summed E-state index contributed by atoms with van der Waals surface area (Å²) >= 11 is 5.80. The van der Waals surface area contributed by atoms with E-state index < -0.39 is 5.97 Å². The van der Waals surface area contributed by atoms with E-state index >= 15 is 0 Å². The number of amides is 2. The van der Waals surface area contributed by atoms with Crippen LogP contribution in [0.2, 0.25) is 5.02 Å². The van der Waals surface area contributed by atoms with Crippen molar-refractivity contribution in [3.8, 4) is 0 Å². The molecule has 1 aliphatic rings. The van der Waals surface area contributed by atoms with E-state index in [2.05, 4.69) is 5.32 Å². The summed E-state index contributed by atoms with van der Waals surface area (Å²) < 4.78 is 0. The Hall–Kier alpha value is -1.75. The zero-order valence-electron chi connectivity index (χ0n) is 11.9. The van der Waals surface area contributed by atoms with Crippen molar-refractivity contribution in [2.24, 2.45) is 5.92 Å². The van der Waals surface area contributed by atoms with E-state index in [0.717, 1.165) is 19.4 Å². The number of nitrogens with one attached hydrogen (secondary N) is 1. The number of carbonyl (C=O) groups excluding carboxylic acids is 1. The molecule has 2 amide bonds. The van der Waals surface area contributed by atoms with Crippen LogP contribution in [0.3, 0.4) is 0 Å². The van der Waals surface area contributed by atoms with Gasteiger partial charge in [0, 0.05) is 18.1 Å². The lowest BCUT2D eigenvalue weighted by Gasteiger charge is -2.31. The van der Waals surface area contributed by atoms with E-state index in [1.807, 2.05) is 6.92 Å². The maximum absolute atomic E-state index is 12.3. The minimum Gasteiger partial charge on any atom is -0.478 e. The molecule has 1 saturated carbocycles. The summed E-state index contributed by atoms with van der Waals surface area (Å²) in [5.41, 5.74) is 0.263. The Morgan fingerprint density at radius 1 is 1.43 bits per heavy atom. The Labute approximate surface area is 128 Å². The van der Waals surface area contributed by atoms with Gasteiger partial charge in [-0.15, -0.1) is 0 Å². The smallest absolute Gasteiger partial charge is 0.337 e. The number of hydrogen-bond acceptors (Lipinski definition) is 2. The molecule has 0 saturated heterocycles. The summed E-state index contributed by atoms with van der Waals surface area (Å²) in [5.74, 6) is -0.547. The molecule has 0 bridgehead atoms. The highest BCUT2D eigenvalue weighted by Gasteiger charge is 2.23. The van der Waals surface area contributed by atoms with Gasteiger partial charge in [0.1, 0.15) is 0 Å². The third-order valence-corrected chi connectivity index (χ3v) is 4.06. The Kier molecular flexibility index (Phi) is 5.07. The van der Waals surface area contributed by atoms with Crippen LogP contribution < -0.4 is 5.32 Å². The molecule has 0 heterocycles. The van der Waals surface area contributed by atoms with Gasteiger partial charge in [0.15, 0.2) is 0 Å². The molecule has 2 rings (SSSR count). The molecule has 1 aliphatic carbocycles. The van der Waals surface area contributed by atoms with Crippen molar-refractivity contribution in [3.05, 3.63) is 28.8 Å². The lowest BCUT2D eigenvalue weighted by Crippen LogP contribution is -2.40. The largest absolute Gasteiger partial charge is 0.478 e. The minimum absolute atomic E-state index is 0.00412. The van der Waals surface area contributed by atoms with E-state index in [-0.39, 0.29) is 17.3 Å². The first-order valence-corrected chi connectivity index (χ1v) is 7.47. The van der Waals surface area contributed by atoms with Crippen LogP contribution in [0.5, 0.6) is 0 Å². The molecule has 21 heavy (non-hydrogen) atoms. The number of aromatic carboxylic acids is 1. The van der Waals surface area contributed by atoms with Crippen molar-refractivity contribution in [2.45, 2.75) is 26.2 Å². The molecule has 0 spiro atoms. The Morgan fingerprint density at radius 3 is 2.67 bits per heavy atom. The maximum Gasteiger partial charge on any atom is 0.337 e. The first-order valence-electron chi connectivity index (χ1n) is 7.10. The van der Waals surface area contributed by atoms with Crippen LogP contribution in [-0.4, -0.2) is 35.1 Å². The summed E-state index contributed by atoms with van der Waals surface area (Å²) in [6.07, 6.45) is 3.54. The molecule has 1 aromatic rings. The molecule has 0 radical (unpaired) electrons. The number of halogens is 1. The van der Waals surface area contributed by atoms with Crippen LogP contribution >= 0.6 is 11.6 Å². The van der Waals surface area contributed by atoms with Crippen LogP contribution in [0.15, 0.2) is 18.2 Å². The second-order valence-electron chi connectivity index (χ2n) is 5.26. The summed E-state index contributed by atoms with van der Waals surface area (Å²) in [7, 11) is 0. The van der Waals surface area contributed by atoms with Crippen molar-refractivity contribution < 1.29 is 14.7 Å². The number of carboxylic acids is 1. The van der Waals surface area contributed by atoms with Crippen molar-refractivity contribution in [1.82, 2.24) is 4.90 Å². The van der Waals surface area contributed by atoms with Crippen LogP contribution in [0.1, 0.15) is 36.5 Å². The van der Waals surface area contributed by atoms with Gasteiger partial charge in [-0.1, -0.05) is 18.0 Å². The third kappa shape index (κ3) is 3.88. The van der Waals surface area contributed by atoms with Crippen LogP contribution in [0, 0.1) is 5.92 Å².